The Balaban J connectivity index is 2.63. The van der Waals surface area contributed by atoms with Gasteiger partial charge >= 0.3 is 0 Å². The highest BCUT2D eigenvalue weighted by Gasteiger charge is 2.10. The van der Waals surface area contributed by atoms with Gasteiger partial charge in [-0.3, -0.25) is 4.79 Å². The van der Waals surface area contributed by atoms with Gasteiger partial charge in [0.15, 0.2) is 5.78 Å². The molecule has 0 N–H and O–H groups in total. The maximum Gasteiger partial charge on any atom is 0.164 e. The number of Topliss-reactive ketones (excluding diaryl/α,β-unsaturated/α-hetero) is 1. The minimum atomic E-state index is 0.209. The van der Waals surface area contributed by atoms with Crippen LogP contribution in [-0.4, -0.2) is 36.9 Å². The Bertz CT molecular complexity index is 451. The molecule has 3 nitrogen and oxygen atoms in total. The third-order valence-electron chi connectivity index (χ3n) is 3.62. The Kier molecular flexibility index (Phi) is 7.44. The summed E-state index contributed by atoms with van der Waals surface area (Å²) in [4.78, 5) is 14.5. The third kappa shape index (κ3) is 5.88. The first kappa shape index (κ1) is 17.7. The van der Waals surface area contributed by atoms with Crippen molar-refractivity contribution in [2.24, 2.45) is 5.92 Å². The molecule has 21 heavy (non-hydrogen) atoms. The van der Waals surface area contributed by atoms with Crippen molar-refractivity contribution < 1.29 is 9.53 Å². The number of benzene rings is 1. The van der Waals surface area contributed by atoms with Crippen LogP contribution in [0.3, 0.4) is 0 Å². The predicted octanol–water partition coefficient (Wildman–Crippen LogP) is 3.94. The van der Waals surface area contributed by atoms with E-state index in [2.05, 4.69) is 32.6 Å². The molecule has 0 spiro atoms. The van der Waals surface area contributed by atoms with Gasteiger partial charge in [0.25, 0.3) is 0 Å². The molecule has 0 aliphatic carbocycles. The maximum atomic E-state index is 12.2. The van der Waals surface area contributed by atoms with E-state index in [0.29, 0.717) is 18.9 Å². The van der Waals surface area contributed by atoms with Gasteiger partial charge in [0, 0.05) is 18.5 Å². The molecule has 0 radical (unpaired) electrons. The number of carbonyl (C=O) groups excluding carboxylic acids is 1. The molecule has 0 aliphatic heterocycles. The topological polar surface area (TPSA) is 29.5 Å². The van der Waals surface area contributed by atoms with Crippen LogP contribution >= 0.6 is 0 Å². The third-order valence-corrected chi connectivity index (χ3v) is 3.62. The Morgan fingerprint density at radius 2 is 1.90 bits per heavy atom. The average molecular weight is 291 g/mol. The summed E-state index contributed by atoms with van der Waals surface area (Å²) in [6.07, 6.45) is 0.577. The first-order chi connectivity index (χ1) is 9.97. The normalized spacial score (nSPS) is 11.2. The van der Waals surface area contributed by atoms with Crippen LogP contribution in [0, 0.1) is 12.8 Å². The van der Waals surface area contributed by atoms with Crippen molar-refractivity contribution in [3.05, 3.63) is 29.3 Å². The lowest BCUT2D eigenvalue weighted by Crippen LogP contribution is -2.25. The Morgan fingerprint density at radius 1 is 1.24 bits per heavy atom. The van der Waals surface area contributed by atoms with Crippen molar-refractivity contribution in [2.45, 2.75) is 41.0 Å². The fraction of sp³-hybridized carbons (Fsp3) is 0.611. The van der Waals surface area contributed by atoms with Crippen molar-refractivity contribution >= 4 is 5.78 Å². The second-order valence-corrected chi connectivity index (χ2v) is 5.89. The number of hydrogen-bond acceptors (Lipinski definition) is 3. The SMILES string of the molecule is CCN(CC)CCC(=O)c1ccc(OCC(C)C)c(C)c1. The zero-order valence-corrected chi connectivity index (χ0v) is 14.1. The second kappa shape index (κ2) is 8.83. The van der Waals surface area contributed by atoms with E-state index in [1.807, 2.05) is 25.1 Å². The zero-order valence-electron chi connectivity index (χ0n) is 14.1. The largest absolute Gasteiger partial charge is 0.493 e. The smallest absolute Gasteiger partial charge is 0.164 e. The molecule has 0 aromatic heterocycles. The van der Waals surface area contributed by atoms with Crippen molar-refractivity contribution in [1.29, 1.82) is 0 Å². The molecule has 1 aromatic carbocycles. The molecule has 0 saturated heterocycles. The summed E-state index contributed by atoms with van der Waals surface area (Å²) in [6, 6.07) is 5.75. The van der Waals surface area contributed by atoms with Gasteiger partial charge in [0.2, 0.25) is 0 Å². The molecular weight excluding hydrogens is 262 g/mol. The average Bonchev–Trinajstić information content (AvgIpc) is 2.46. The molecule has 0 heterocycles. The standard InChI is InChI=1S/C18H29NO2/c1-6-19(7-2)11-10-17(20)16-8-9-18(15(5)12-16)21-13-14(3)4/h8-9,12,14H,6-7,10-11,13H2,1-5H3. The van der Waals surface area contributed by atoms with Crippen LogP contribution in [0.2, 0.25) is 0 Å². The molecular formula is C18H29NO2. The van der Waals surface area contributed by atoms with Crippen LogP contribution in [0.4, 0.5) is 0 Å². The summed E-state index contributed by atoms with van der Waals surface area (Å²) < 4.78 is 5.75. The fourth-order valence-corrected chi connectivity index (χ4v) is 2.19. The van der Waals surface area contributed by atoms with Crippen molar-refractivity contribution in [2.75, 3.05) is 26.2 Å². The number of carbonyl (C=O) groups is 1. The van der Waals surface area contributed by atoms with E-state index < -0.39 is 0 Å². The molecule has 0 fully saturated rings. The second-order valence-electron chi connectivity index (χ2n) is 5.89. The van der Waals surface area contributed by atoms with E-state index in [1.54, 1.807) is 0 Å². The molecule has 118 valence electrons. The highest BCUT2D eigenvalue weighted by molar-refractivity contribution is 5.96. The monoisotopic (exact) mass is 291 g/mol. The van der Waals surface area contributed by atoms with Gasteiger partial charge in [-0.1, -0.05) is 27.7 Å². The summed E-state index contributed by atoms with van der Waals surface area (Å²) >= 11 is 0. The molecule has 1 aromatic rings. The molecule has 1 rings (SSSR count). The van der Waals surface area contributed by atoms with Crippen LogP contribution < -0.4 is 4.74 Å². The Labute approximate surface area is 129 Å². The van der Waals surface area contributed by atoms with Crippen molar-refractivity contribution in [1.82, 2.24) is 4.90 Å². The summed E-state index contributed by atoms with van der Waals surface area (Å²) in [5.74, 6) is 1.59. The highest BCUT2D eigenvalue weighted by Crippen LogP contribution is 2.20. The summed E-state index contributed by atoms with van der Waals surface area (Å²) in [5.41, 5.74) is 1.82. The van der Waals surface area contributed by atoms with E-state index in [-0.39, 0.29) is 5.78 Å². The predicted molar refractivity (Wildman–Crippen MR) is 88.2 cm³/mol. The summed E-state index contributed by atoms with van der Waals surface area (Å²) in [7, 11) is 0. The minimum absolute atomic E-state index is 0.209. The van der Waals surface area contributed by atoms with Crippen LogP contribution in [0.15, 0.2) is 18.2 Å². The molecule has 3 heteroatoms. The van der Waals surface area contributed by atoms with E-state index in [4.69, 9.17) is 4.74 Å². The van der Waals surface area contributed by atoms with Gasteiger partial charge < -0.3 is 9.64 Å². The van der Waals surface area contributed by atoms with Crippen LogP contribution in [0.5, 0.6) is 5.75 Å². The van der Waals surface area contributed by atoms with E-state index in [1.165, 1.54) is 0 Å². The molecule has 0 unspecified atom stereocenters. The number of nitrogens with zero attached hydrogens (tertiary/aromatic N) is 1. The minimum Gasteiger partial charge on any atom is -0.493 e. The fourth-order valence-electron chi connectivity index (χ4n) is 2.19. The van der Waals surface area contributed by atoms with Crippen LogP contribution in [0.25, 0.3) is 0 Å². The van der Waals surface area contributed by atoms with E-state index >= 15 is 0 Å². The van der Waals surface area contributed by atoms with Gasteiger partial charge in [-0.05, 0) is 49.7 Å². The molecule has 0 bridgehead atoms. The summed E-state index contributed by atoms with van der Waals surface area (Å²) in [5, 5.41) is 0. The summed E-state index contributed by atoms with van der Waals surface area (Å²) in [6.45, 7) is 14.0. The van der Waals surface area contributed by atoms with E-state index in [9.17, 15) is 4.79 Å². The van der Waals surface area contributed by atoms with Gasteiger partial charge in [-0.15, -0.1) is 0 Å². The maximum absolute atomic E-state index is 12.2. The van der Waals surface area contributed by atoms with Crippen molar-refractivity contribution in [3.8, 4) is 5.75 Å². The van der Waals surface area contributed by atoms with Crippen LogP contribution in [-0.2, 0) is 0 Å². The Morgan fingerprint density at radius 3 is 2.43 bits per heavy atom. The van der Waals surface area contributed by atoms with E-state index in [0.717, 1.165) is 36.5 Å². The Hall–Kier alpha value is -1.35. The van der Waals surface area contributed by atoms with Gasteiger partial charge in [0.1, 0.15) is 5.75 Å². The molecule has 0 amide bonds. The highest BCUT2D eigenvalue weighted by atomic mass is 16.5. The molecule has 0 atom stereocenters. The van der Waals surface area contributed by atoms with Gasteiger partial charge in [-0.25, -0.2) is 0 Å². The van der Waals surface area contributed by atoms with Gasteiger partial charge in [0.05, 0.1) is 6.61 Å². The lowest BCUT2D eigenvalue weighted by Gasteiger charge is -2.17. The first-order valence-corrected chi connectivity index (χ1v) is 7.96. The van der Waals surface area contributed by atoms with Gasteiger partial charge in [-0.2, -0.15) is 0 Å². The number of hydrogen-bond donors (Lipinski definition) is 0. The number of ether oxygens (including phenoxy) is 1. The lowest BCUT2D eigenvalue weighted by molar-refractivity contribution is 0.0966. The molecule has 0 aliphatic rings. The first-order valence-electron chi connectivity index (χ1n) is 7.96. The quantitative estimate of drug-likeness (QED) is 0.645. The number of aryl methyl sites for hydroxylation is 1. The number of ketones is 1. The number of rotatable bonds is 9. The van der Waals surface area contributed by atoms with Crippen molar-refractivity contribution in [3.63, 3.8) is 0 Å². The lowest BCUT2D eigenvalue weighted by atomic mass is 10.0. The zero-order chi connectivity index (χ0) is 15.8. The molecule has 0 saturated carbocycles. The van der Waals surface area contributed by atoms with Crippen LogP contribution in [0.1, 0.15) is 50.0 Å².